The minimum Gasteiger partial charge on any atom is -0.497 e. The summed E-state index contributed by atoms with van der Waals surface area (Å²) >= 11 is 5.85. The summed E-state index contributed by atoms with van der Waals surface area (Å²) in [4.78, 5) is 11.8. The number of urea groups is 1. The van der Waals surface area contributed by atoms with Gasteiger partial charge in [0, 0.05) is 16.3 Å². The Labute approximate surface area is 139 Å². The lowest BCUT2D eigenvalue weighted by molar-refractivity contribution is 0.252. The van der Waals surface area contributed by atoms with Crippen molar-refractivity contribution in [2.75, 3.05) is 19.5 Å². The van der Waals surface area contributed by atoms with E-state index in [1.54, 1.807) is 56.7 Å². The Balaban J connectivity index is 1.99. The second kappa shape index (κ2) is 8.05. The molecule has 0 aliphatic carbocycles. The van der Waals surface area contributed by atoms with Gasteiger partial charge in [-0.2, -0.15) is 5.10 Å². The van der Waals surface area contributed by atoms with Crippen LogP contribution < -0.4 is 20.2 Å². The third-order valence-electron chi connectivity index (χ3n) is 2.89. The maximum atomic E-state index is 11.8. The van der Waals surface area contributed by atoms with E-state index in [-0.39, 0.29) is 0 Å². The first-order chi connectivity index (χ1) is 11.1. The van der Waals surface area contributed by atoms with Crippen LogP contribution in [0.3, 0.4) is 0 Å². The van der Waals surface area contributed by atoms with Crippen molar-refractivity contribution in [3.05, 3.63) is 53.1 Å². The number of carbonyl (C=O) groups is 1. The van der Waals surface area contributed by atoms with Gasteiger partial charge in [-0.25, -0.2) is 10.2 Å². The standard InChI is InChI=1S/C16H16ClN3O3/c1-22-14-6-7-15(23-2)11(8-14)10-18-20-16(21)19-13-5-3-4-12(17)9-13/h3-10H,1-2H3,(H2,19,20,21). The number of benzene rings is 2. The van der Waals surface area contributed by atoms with Gasteiger partial charge in [0.25, 0.3) is 0 Å². The molecule has 2 amide bonds. The molecular formula is C16H16ClN3O3. The van der Waals surface area contributed by atoms with Crippen LogP contribution in [0.2, 0.25) is 5.02 Å². The molecule has 0 spiro atoms. The summed E-state index contributed by atoms with van der Waals surface area (Å²) in [6.45, 7) is 0. The summed E-state index contributed by atoms with van der Waals surface area (Å²) in [6.07, 6.45) is 1.47. The highest BCUT2D eigenvalue weighted by Crippen LogP contribution is 2.22. The highest BCUT2D eigenvalue weighted by molar-refractivity contribution is 6.30. The minimum absolute atomic E-state index is 0.481. The molecule has 2 N–H and O–H groups in total. The predicted molar refractivity (Wildman–Crippen MR) is 90.7 cm³/mol. The summed E-state index contributed by atoms with van der Waals surface area (Å²) in [5, 5.41) is 7.04. The quantitative estimate of drug-likeness (QED) is 0.649. The Bertz CT molecular complexity index is 719. The van der Waals surface area contributed by atoms with Gasteiger partial charge in [0.05, 0.1) is 20.4 Å². The second-order valence-electron chi connectivity index (χ2n) is 4.44. The lowest BCUT2D eigenvalue weighted by Crippen LogP contribution is -2.24. The molecule has 2 rings (SSSR count). The van der Waals surface area contributed by atoms with E-state index in [4.69, 9.17) is 21.1 Å². The molecule has 0 fully saturated rings. The molecule has 0 aliphatic heterocycles. The molecule has 0 saturated carbocycles. The number of methoxy groups -OCH3 is 2. The molecule has 120 valence electrons. The number of carbonyl (C=O) groups excluding carboxylic acids is 1. The maximum absolute atomic E-state index is 11.8. The molecule has 0 bridgehead atoms. The first-order valence-corrected chi connectivity index (χ1v) is 7.08. The highest BCUT2D eigenvalue weighted by atomic mass is 35.5. The number of ether oxygens (including phenoxy) is 2. The molecule has 0 aromatic heterocycles. The van der Waals surface area contributed by atoms with Gasteiger partial charge in [-0.1, -0.05) is 17.7 Å². The molecular weight excluding hydrogens is 318 g/mol. The van der Waals surface area contributed by atoms with Gasteiger partial charge < -0.3 is 14.8 Å². The van der Waals surface area contributed by atoms with Crippen LogP contribution >= 0.6 is 11.6 Å². The summed E-state index contributed by atoms with van der Waals surface area (Å²) in [7, 11) is 3.12. The maximum Gasteiger partial charge on any atom is 0.339 e. The third-order valence-corrected chi connectivity index (χ3v) is 3.12. The monoisotopic (exact) mass is 333 g/mol. The van der Waals surface area contributed by atoms with Crippen molar-refractivity contribution in [1.82, 2.24) is 5.43 Å². The fraction of sp³-hybridized carbons (Fsp3) is 0.125. The van der Waals surface area contributed by atoms with Gasteiger partial charge in [0.15, 0.2) is 0 Å². The Kier molecular flexibility index (Phi) is 5.82. The van der Waals surface area contributed by atoms with Crippen molar-refractivity contribution in [3.8, 4) is 11.5 Å². The highest BCUT2D eigenvalue weighted by Gasteiger charge is 2.04. The number of rotatable bonds is 5. The molecule has 0 atom stereocenters. The van der Waals surface area contributed by atoms with E-state index in [9.17, 15) is 4.79 Å². The smallest absolute Gasteiger partial charge is 0.339 e. The van der Waals surface area contributed by atoms with Crippen LogP contribution in [0.15, 0.2) is 47.6 Å². The summed E-state index contributed by atoms with van der Waals surface area (Å²) in [6, 6.07) is 11.6. The summed E-state index contributed by atoms with van der Waals surface area (Å²) in [5.41, 5.74) is 3.62. The van der Waals surface area contributed by atoms with Crippen LogP contribution in [0.1, 0.15) is 5.56 Å². The first kappa shape index (κ1) is 16.6. The van der Waals surface area contributed by atoms with Gasteiger partial charge in [-0.3, -0.25) is 0 Å². The fourth-order valence-corrected chi connectivity index (χ4v) is 2.02. The van der Waals surface area contributed by atoms with E-state index in [0.717, 1.165) is 0 Å². The molecule has 0 saturated heterocycles. The van der Waals surface area contributed by atoms with Crippen LogP contribution in [0.25, 0.3) is 0 Å². The lowest BCUT2D eigenvalue weighted by atomic mass is 10.2. The van der Waals surface area contributed by atoms with Gasteiger partial charge >= 0.3 is 6.03 Å². The topological polar surface area (TPSA) is 72.0 Å². The van der Waals surface area contributed by atoms with E-state index in [2.05, 4.69) is 15.8 Å². The number of hydrogen-bond donors (Lipinski definition) is 2. The number of nitrogens with one attached hydrogen (secondary N) is 2. The average molecular weight is 334 g/mol. The SMILES string of the molecule is COc1ccc(OC)c(C=NNC(=O)Nc2cccc(Cl)c2)c1. The second-order valence-corrected chi connectivity index (χ2v) is 4.88. The van der Waals surface area contributed by atoms with E-state index in [1.807, 2.05) is 0 Å². The van der Waals surface area contributed by atoms with E-state index >= 15 is 0 Å². The molecule has 6 nitrogen and oxygen atoms in total. The largest absolute Gasteiger partial charge is 0.497 e. The van der Waals surface area contributed by atoms with Crippen molar-refractivity contribution >= 4 is 29.5 Å². The van der Waals surface area contributed by atoms with Crippen molar-refractivity contribution in [3.63, 3.8) is 0 Å². The van der Waals surface area contributed by atoms with Gasteiger partial charge in [-0.05, 0) is 36.4 Å². The van der Waals surface area contributed by atoms with Crippen molar-refractivity contribution in [2.24, 2.45) is 5.10 Å². The van der Waals surface area contributed by atoms with Crippen molar-refractivity contribution < 1.29 is 14.3 Å². The Morgan fingerprint density at radius 3 is 2.70 bits per heavy atom. The number of hydrogen-bond acceptors (Lipinski definition) is 4. The molecule has 2 aromatic rings. The van der Waals surface area contributed by atoms with Crippen LogP contribution in [0, 0.1) is 0 Å². The van der Waals surface area contributed by atoms with Crippen molar-refractivity contribution in [2.45, 2.75) is 0 Å². The van der Waals surface area contributed by atoms with Crippen LogP contribution in [0.4, 0.5) is 10.5 Å². The molecule has 2 aromatic carbocycles. The Morgan fingerprint density at radius 1 is 1.17 bits per heavy atom. The van der Waals surface area contributed by atoms with Crippen LogP contribution in [-0.2, 0) is 0 Å². The number of nitrogens with zero attached hydrogens (tertiary/aromatic N) is 1. The normalized spacial score (nSPS) is 10.4. The number of amides is 2. The van der Waals surface area contributed by atoms with Crippen LogP contribution in [0.5, 0.6) is 11.5 Å². The number of halogens is 1. The van der Waals surface area contributed by atoms with E-state index in [0.29, 0.717) is 27.8 Å². The Morgan fingerprint density at radius 2 is 2.00 bits per heavy atom. The van der Waals surface area contributed by atoms with Gasteiger partial charge in [0.1, 0.15) is 11.5 Å². The predicted octanol–water partition coefficient (Wildman–Crippen LogP) is 3.51. The number of hydrazone groups is 1. The van der Waals surface area contributed by atoms with Crippen molar-refractivity contribution in [1.29, 1.82) is 0 Å². The zero-order valence-corrected chi connectivity index (χ0v) is 13.4. The van der Waals surface area contributed by atoms with Gasteiger partial charge in [-0.15, -0.1) is 0 Å². The van der Waals surface area contributed by atoms with E-state index < -0.39 is 6.03 Å². The van der Waals surface area contributed by atoms with Gasteiger partial charge in [0.2, 0.25) is 0 Å². The summed E-state index contributed by atoms with van der Waals surface area (Å²) < 4.78 is 10.4. The lowest BCUT2D eigenvalue weighted by Gasteiger charge is -2.07. The molecule has 0 heterocycles. The molecule has 0 unspecified atom stereocenters. The summed E-state index contributed by atoms with van der Waals surface area (Å²) in [5.74, 6) is 1.28. The zero-order valence-electron chi connectivity index (χ0n) is 12.7. The molecule has 7 heteroatoms. The first-order valence-electron chi connectivity index (χ1n) is 6.70. The third kappa shape index (κ3) is 4.89. The fourth-order valence-electron chi connectivity index (χ4n) is 1.83. The number of anilines is 1. The molecule has 0 aliphatic rings. The Hall–Kier alpha value is -2.73. The van der Waals surface area contributed by atoms with E-state index in [1.165, 1.54) is 6.21 Å². The average Bonchev–Trinajstić information content (AvgIpc) is 2.54. The molecule has 23 heavy (non-hydrogen) atoms. The minimum atomic E-state index is -0.481. The zero-order chi connectivity index (χ0) is 16.7. The van der Waals surface area contributed by atoms with Crippen LogP contribution in [-0.4, -0.2) is 26.5 Å². The molecule has 0 radical (unpaired) electrons.